The Morgan fingerprint density at radius 1 is 0.824 bits per heavy atom. The van der Waals surface area contributed by atoms with Gasteiger partial charge in [-0.15, -0.1) is 0 Å². The van der Waals surface area contributed by atoms with Crippen LogP contribution in [0.15, 0.2) is 0 Å². The van der Waals surface area contributed by atoms with Crippen LogP contribution >= 0.6 is 0 Å². The summed E-state index contributed by atoms with van der Waals surface area (Å²) in [5.74, 6) is -16.0. The summed E-state index contributed by atoms with van der Waals surface area (Å²) in [6.07, 6.45) is -10.4. The van der Waals surface area contributed by atoms with E-state index in [2.05, 4.69) is 5.73 Å². The molecule has 10 heteroatoms. The van der Waals surface area contributed by atoms with Crippen LogP contribution in [-0.2, 0) is 0 Å². The lowest BCUT2D eigenvalue weighted by Crippen LogP contribution is -2.75. The van der Waals surface area contributed by atoms with Crippen LogP contribution < -0.4 is 5.73 Å². The second kappa shape index (κ2) is 3.21. The van der Waals surface area contributed by atoms with Crippen molar-refractivity contribution in [3.05, 3.63) is 0 Å². The van der Waals surface area contributed by atoms with Crippen LogP contribution in [0.2, 0.25) is 0 Å². The molecule has 0 saturated heterocycles. The van der Waals surface area contributed by atoms with Crippen LogP contribution in [0.3, 0.4) is 0 Å². The lowest BCUT2D eigenvalue weighted by molar-refractivity contribution is -0.383. The Bertz CT molecular complexity index is 310. The van der Waals surface area contributed by atoms with Gasteiger partial charge in [-0.25, -0.2) is 8.78 Å². The molecule has 17 heavy (non-hydrogen) atoms. The number of hydrogen-bond acceptors (Lipinski definition) is 1. The van der Waals surface area contributed by atoms with Crippen LogP contribution in [0.1, 0.15) is 12.8 Å². The molecule has 0 bridgehead atoms. The van der Waals surface area contributed by atoms with Crippen molar-refractivity contribution in [2.75, 3.05) is 0 Å². The molecule has 1 aliphatic carbocycles. The molecule has 1 saturated carbocycles. The maximum Gasteiger partial charge on any atom is 0.459 e. The number of alkyl halides is 9. The smallest absolute Gasteiger partial charge is 0.320 e. The van der Waals surface area contributed by atoms with Gasteiger partial charge in [0.05, 0.1) is 5.54 Å². The lowest BCUT2D eigenvalue weighted by atomic mass is 9.68. The Labute approximate surface area is 88.8 Å². The van der Waals surface area contributed by atoms with E-state index in [1.807, 2.05) is 0 Å². The topological polar surface area (TPSA) is 26.0 Å². The van der Waals surface area contributed by atoms with Crippen LogP contribution in [0, 0.1) is 0 Å². The molecule has 0 amide bonds. The third kappa shape index (κ3) is 1.85. The number of halogens is 9. The zero-order chi connectivity index (χ0) is 13.9. The van der Waals surface area contributed by atoms with Crippen LogP contribution in [0.4, 0.5) is 39.5 Å². The average molecular weight is 275 g/mol. The third-order valence-electron chi connectivity index (χ3n) is 2.52. The van der Waals surface area contributed by atoms with E-state index in [1.165, 1.54) is 0 Å². The first-order chi connectivity index (χ1) is 7.16. The molecule has 0 aromatic carbocycles. The first kappa shape index (κ1) is 14.4. The lowest BCUT2D eigenvalue weighted by Gasteiger charge is -2.50. The molecule has 0 aromatic heterocycles. The summed E-state index contributed by atoms with van der Waals surface area (Å²) in [5, 5.41) is 0. The minimum absolute atomic E-state index is 1.92. The van der Waals surface area contributed by atoms with Gasteiger partial charge in [0.25, 0.3) is 5.92 Å². The summed E-state index contributed by atoms with van der Waals surface area (Å²) in [7, 11) is 0. The fourth-order valence-electron chi connectivity index (χ4n) is 1.58. The van der Waals surface area contributed by atoms with Crippen molar-refractivity contribution in [1.82, 2.24) is 0 Å². The van der Waals surface area contributed by atoms with Crippen LogP contribution in [-0.4, -0.2) is 29.5 Å². The van der Waals surface area contributed by atoms with Gasteiger partial charge >= 0.3 is 18.0 Å². The second-order valence-corrected chi connectivity index (χ2v) is 4.01. The van der Waals surface area contributed by atoms with Gasteiger partial charge in [0.2, 0.25) is 0 Å². The van der Waals surface area contributed by atoms with E-state index in [9.17, 15) is 39.5 Å². The van der Waals surface area contributed by atoms with Crippen molar-refractivity contribution in [3.8, 4) is 0 Å². The molecule has 1 aliphatic rings. The van der Waals surface area contributed by atoms with Gasteiger partial charge in [-0.2, -0.15) is 30.7 Å². The molecule has 0 aliphatic heterocycles. The van der Waals surface area contributed by atoms with E-state index in [4.69, 9.17) is 0 Å². The largest absolute Gasteiger partial charge is 0.459 e. The second-order valence-electron chi connectivity index (χ2n) is 4.01. The quantitative estimate of drug-likeness (QED) is 0.770. The molecule has 1 rings (SSSR count). The van der Waals surface area contributed by atoms with Gasteiger partial charge in [-0.05, 0) is 0 Å². The molecular weight excluding hydrogens is 269 g/mol. The van der Waals surface area contributed by atoms with E-state index in [-0.39, 0.29) is 0 Å². The summed E-state index contributed by atoms with van der Waals surface area (Å²) >= 11 is 0. The van der Waals surface area contributed by atoms with Crippen molar-refractivity contribution in [1.29, 1.82) is 0 Å². The minimum atomic E-state index is -6.56. The van der Waals surface area contributed by atoms with Crippen molar-refractivity contribution in [3.63, 3.8) is 0 Å². The third-order valence-corrected chi connectivity index (χ3v) is 2.52. The Balaban J connectivity index is 3.05. The fraction of sp³-hybridized carbons (Fsp3) is 1.00. The minimum Gasteiger partial charge on any atom is -0.320 e. The van der Waals surface area contributed by atoms with Crippen LogP contribution in [0.5, 0.6) is 0 Å². The highest BCUT2D eigenvalue weighted by molar-refractivity contribution is 5.16. The number of rotatable bonds is 2. The molecule has 102 valence electrons. The highest BCUT2D eigenvalue weighted by atomic mass is 19.4. The monoisotopic (exact) mass is 275 g/mol. The average Bonchev–Trinajstić information content (AvgIpc) is 1.97. The Hall–Kier alpha value is -0.670. The molecule has 0 radical (unpaired) electrons. The van der Waals surface area contributed by atoms with Crippen molar-refractivity contribution in [2.24, 2.45) is 5.73 Å². The van der Waals surface area contributed by atoms with Crippen molar-refractivity contribution in [2.45, 2.75) is 42.3 Å². The molecule has 0 atom stereocenters. The predicted octanol–water partition coefficient (Wildman–Crippen LogP) is 2.95. The Morgan fingerprint density at radius 2 is 1.18 bits per heavy atom. The summed E-state index contributed by atoms with van der Waals surface area (Å²) in [6, 6.07) is 0. The maximum absolute atomic E-state index is 12.9. The van der Waals surface area contributed by atoms with Gasteiger partial charge in [-0.1, -0.05) is 0 Å². The maximum atomic E-state index is 12.9. The highest BCUT2D eigenvalue weighted by Crippen LogP contribution is 2.59. The molecule has 0 aromatic rings. The van der Waals surface area contributed by atoms with E-state index in [1.54, 1.807) is 0 Å². The normalized spacial score (nSPS) is 24.4. The van der Waals surface area contributed by atoms with E-state index in [0.717, 1.165) is 0 Å². The summed E-state index contributed by atoms with van der Waals surface area (Å²) in [5.41, 5.74) is 0.969. The van der Waals surface area contributed by atoms with Gasteiger partial charge in [0.15, 0.2) is 0 Å². The Kier molecular flexibility index (Phi) is 2.71. The first-order valence-corrected chi connectivity index (χ1v) is 4.15. The van der Waals surface area contributed by atoms with Gasteiger partial charge in [0, 0.05) is 12.8 Å². The molecule has 1 nitrogen and oxygen atoms in total. The van der Waals surface area contributed by atoms with E-state index < -0.39 is 42.3 Å². The fourth-order valence-corrected chi connectivity index (χ4v) is 1.58. The molecule has 0 unspecified atom stereocenters. The predicted molar refractivity (Wildman–Crippen MR) is 37.0 cm³/mol. The number of hydrogen-bond donors (Lipinski definition) is 1. The van der Waals surface area contributed by atoms with Gasteiger partial charge in [0.1, 0.15) is 0 Å². The van der Waals surface area contributed by atoms with E-state index >= 15 is 0 Å². The van der Waals surface area contributed by atoms with E-state index in [0.29, 0.717) is 0 Å². The number of nitrogens with two attached hydrogens (primary N) is 1. The standard InChI is InChI=1S/C7H6F9N/c8-4(9)1-3(17,2-4)5(10,11)6(12,13)7(14,15)16/h1-2,17H2. The molecule has 0 heterocycles. The molecule has 0 spiro atoms. The summed E-state index contributed by atoms with van der Waals surface area (Å²) < 4.78 is 111. The van der Waals surface area contributed by atoms with Crippen LogP contribution in [0.25, 0.3) is 0 Å². The molecule has 2 N–H and O–H groups in total. The highest BCUT2D eigenvalue weighted by Gasteiger charge is 2.82. The zero-order valence-corrected chi connectivity index (χ0v) is 7.89. The molecule has 1 fully saturated rings. The SMILES string of the molecule is NC1(C(F)(F)C(F)(F)C(F)(F)F)CC(F)(F)C1. The Morgan fingerprint density at radius 3 is 1.41 bits per heavy atom. The molecular formula is C7H6F9N. The van der Waals surface area contributed by atoms with Gasteiger partial charge < -0.3 is 5.73 Å². The van der Waals surface area contributed by atoms with Crippen molar-refractivity contribution >= 4 is 0 Å². The summed E-state index contributed by atoms with van der Waals surface area (Å²) in [6.45, 7) is 0. The first-order valence-electron chi connectivity index (χ1n) is 4.15. The van der Waals surface area contributed by atoms with Crippen molar-refractivity contribution < 1.29 is 39.5 Å². The summed E-state index contributed by atoms with van der Waals surface area (Å²) in [4.78, 5) is 0. The van der Waals surface area contributed by atoms with Gasteiger partial charge in [-0.3, -0.25) is 0 Å². The zero-order valence-electron chi connectivity index (χ0n) is 7.89.